The van der Waals surface area contributed by atoms with Gasteiger partial charge in [0.25, 0.3) is 0 Å². The van der Waals surface area contributed by atoms with E-state index in [4.69, 9.17) is 10.0 Å². The van der Waals surface area contributed by atoms with Crippen LogP contribution in [0.4, 0.5) is 43.9 Å². The topological polar surface area (TPSA) is 175 Å². The van der Waals surface area contributed by atoms with Crippen molar-refractivity contribution in [3.63, 3.8) is 0 Å². The Bertz CT molecular complexity index is 3280. The van der Waals surface area contributed by atoms with Crippen LogP contribution in [-0.2, 0) is 54.8 Å². The number of hydrogen-bond acceptors (Lipinski definition) is 10. The van der Waals surface area contributed by atoms with E-state index < -0.39 is 99.3 Å². The average Bonchev–Trinajstić information content (AvgIpc) is 4.05. The molecule has 0 aliphatic carbocycles. The average molecular weight is 1380 g/mol. The molecule has 2 aliphatic rings. The Labute approximate surface area is 471 Å². The van der Waals surface area contributed by atoms with Crippen molar-refractivity contribution < 1.29 is 80.4 Å². The first-order valence-electron chi connectivity index (χ1n) is 23.0. The maximum absolute atomic E-state index is 14.3. The van der Waals surface area contributed by atoms with Gasteiger partial charge in [-0.2, -0.15) is 35.0 Å². The second kappa shape index (κ2) is 26.3. The monoisotopic (exact) mass is 1380 g/mol. The van der Waals surface area contributed by atoms with Crippen molar-refractivity contribution in [2.45, 2.75) is 85.1 Å². The Morgan fingerprint density at radius 2 is 1.03 bits per heavy atom. The standard InChI is InChI=1S/C25H20BrF5N2O3S.C19H17BrF2INO3S.C6H5BF3NO2/c26-18-10-15(9-17(11-18)16-2-8-24(32-13-16)25(29,30)31)1-7-23(34)22-12-20(28)14-33(22)37(35,36)21-5-3-19(27)4-6-21;20-13-7-12(8-16(23)9-13)1-6-19(25)18-10-15(22)11-24(18)28(26,27)17-4-2-14(21)3-5-17;8-6(9,10)5-2-1-4(3-11-5)7(12)13/h2-6,8-11,13,20,22H,1,7,12,14H2;2-5,7-9,15,18H,1,6,10-11H2;1-3,12-13H/t20-,22+;15-,18+;/m11./s1. The maximum Gasteiger partial charge on any atom is 0.490 e. The van der Waals surface area contributed by atoms with E-state index in [-0.39, 0.29) is 59.7 Å². The number of rotatable bonds is 14. The fourth-order valence-corrected chi connectivity index (χ4v) is 13.7. The van der Waals surface area contributed by atoms with Crippen LogP contribution in [0, 0.1) is 15.2 Å². The van der Waals surface area contributed by atoms with E-state index >= 15 is 0 Å². The van der Waals surface area contributed by atoms with Gasteiger partial charge in [0.15, 0.2) is 11.6 Å². The Hall–Kier alpha value is -4.69. The summed E-state index contributed by atoms with van der Waals surface area (Å²) < 4.78 is 185. The van der Waals surface area contributed by atoms with Gasteiger partial charge in [0.2, 0.25) is 20.0 Å². The number of ketones is 2. The third kappa shape index (κ3) is 16.7. The van der Waals surface area contributed by atoms with Gasteiger partial charge >= 0.3 is 19.5 Å². The summed E-state index contributed by atoms with van der Waals surface area (Å²) in [6.45, 7) is -0.844. The summed E-state index contributed by atoms with van der Waals surface area (Å²) in [5.74, 6) is -1.98. The predicted molar refractivity (Wildman–Crippen MR) is 282 cm³/mol. The van der Waals surface area contributed by atoms with E-state index in [9.17, 15) is 70.3 Å². The zero-order valence-electron chi connectivity index (χ0n) is 40.0. The van der Waals surface area contributed by atoms with Crippen molar-refractivity contribution in [1.29, 1.82) is 0 Å². The maximum atomic E-state index is 14.3. The van der Waals surface area contributed by atoms with Crippen molar-refractivity contribution in [1.82, 2.24) is 18.6 Å². The summed E-state index contributed by atoms with van der Waals surface area (Å²) in [5.41, 5.74) is 0.470. The lowest BCUT2D eigenvalue weighted by atomic mass is 9.82. The van der Waals surface area contributed by atoms with Gasteiger partial charge in [0.1, 0.15) is 35.4 Å². The molecule has 4 aromatic carbocycles. The molecule has 78 heavy (non-hydrogen) atoms. The molecule has 2 aliphatic heterocycles. The van der Waals surface area contributed by atoms with Crippen molar-refractivity contribution in [2.24, 2.45) is 0 Å². The number of Topliss-reactive ketones (excluding diaryl/α,β-unsaturated/α-hetero) is 2. The highest BCUT2D eigenvalue weighted by Crippen LogP contribution is 2.34. The number of aromatic nitrogens is 2. The first-order valence-corrected chi connectivity index (χ1v) is 28.5. The molecule has 2 saturated heterocycles. The zero-order chi connectivity index (χ0) is 57.5. The van der Waals surface area contributed by atoms with Gasteiger partial charge in [-0.1, -0.05) is 50.1 Å². The molecule has 4 heterocycles. The van der Waals surface area contributed by atoms with Gasteiger partial charge in [-0.05, 0) is 143 Å². The molecule has 416 valence electrons. The number of halogens is 13. The molecular weight excluding hydrogens is 1340 g/mol. The van der Waals surface area contributed by atoms with Gasteiger partial charge in [-0.25, -0.2) is 34.4 Å². The second-order valence-electron chi connectivity index (χ2n) is 17.6. The molecule has 12 nitrogen and oxygen atoms in total. The van der Waals surface area contributed by atoms with Crippen LogP contribution in [0.3, 0.4) is 0 Å². The number of benzene rings is 4. The van der Waals surface area contributed by atoms with Crippen LogP contribution in [0.2, 0.25) is 0 Å². The number of carbonyl (C=O) groups excluding carboxylic acids is 2. The summed E-state index contributed by atoms with van der Waals surface area (Å²) in [4.78, 5) is 31.9. The smallest absolute Gasteiger partial charge is 0.423 e. The number of carbonyl (C=O) groups is 2. The quantitative estimate of drug-likeness (QED) is 0.0607. The molecule has 2 fully saturated rings. The molecule has 6 aromatic rings. The van der Waals surface area contributed by atoms with Gasteiger partial charge in [-0.15, -0.1) is 0 Å². The lowest BCUT2D eigenvalue weighted by Gasteiger charge is -2.23. The molecule has 0 unspecified atom stereocenters. The minimum atomic E-state index is -4.56. The number of alkyl halides is 8. The Morgan fingerprint density at radius 3 is 1.41 bits per heavy atom. The summed E-state index contributed by atoms with van der Waals surface area (Å²) in [7, 11) is -10.1. The van der Waals surface area contributed by atoms with E-state index in [2.05, 4.69) is 64.4 Å². The molecular formula is C50H42BBr2F10IN4O8S2. The minimum Gasteiger partial charge on any atom is -0.423 e. The van der Waals surface area contributed by atoms with Crippen molar-refractivity contribution in [3.8, 4) is 11.1 Å². The van der Waals surface area contributed by atoms with Gasteiger partial charge in [0, 0.05) is 74.7 Å². The van der Waals surface area contributed by atoms with E-state index in [0.717, 1.165) is 95.3 Å². The fraction of sp³-hybridized carbons (Fsp3) is 0.280. The lowest BCUT2D eigenvalue weighted by Crippen LogP contribution is -2.40. The summed E-state index contributed by atoms with van der Waals surface area (Å²) in [6, 6.07) is 20.9. The third-order valence-corrected chi connectivity index (χ3v) is 17.3. The molecule has 0 amide bonds. The third-order valence-electron chi connectivity index (χ3n) is 12.0. The number of aryl methyl sites for hydroxylation is 2. The molecule has 2 aromatic heterocycles. The Morgan fingerprint density at radius 1 is 0.603 bits per heavy atom. The van der Waals surface area contributed by atoms with Crippen LogP contribution in [0.1, 0.15) is 48.2 Å². The van der Waals surface area contributed by atoms with E-state index in [1.165, 1.54) is 6.07 Å². The molecule has 28 heteroatoms. The molecule has 0 bridgehead atoms. The van der Waals surface area contributed by atoms with E-state index in [1.807, 2.05) is 18.2 Å². The molecule has 0 spiro atoms. The van der Waals surface area contributed by atoms with Crippen molar-refractivity contribution in [3.05, 3.63) is 168 Å². The van der Waals surface area contributed by atoms with Gasteiger partial charge < -0.3 is 10.0 Å². The first kappa shape index (κ1) is 62.5. The highest BCUT2D eigenvalue weighted by atomic mass is 127. The summed E-state index contributed by atoms with van der Waals surface area (Å²) in [5, 5.41) is 17.1. The van der Waals surface area contributed by atoms with E-state index in [0.29, 0.717) is 33.7 Å². The van der Waals surface area contributed by atoms with Crippen LogP contribution < -0.4 is 5.46 Å². The number of hydrogen-bond donors (Lipinski definition) is 2. The fourth-order valence-electron chi connectivity index (χ4n) is 8.16. The van der Waals surface area contributed by atoms with Gasteiger partial charge in [-0.3, -0.25) is 19.6 Å². The van der Waals surface area contributed by atoms with E-state index in [1.54, 1.807) is 18.2 Å². The molecule has 2 N–H and O–H groups in total. The summed E-state index contributed by atoms with van der Waals surface area (Å²) >= 11 is 8.93. The zero-order valence-corrected chi connectivity index (χ0v) is 46.9. The Balaban J connectivity index is 0.000000211. The number of sulfonamides is 2. The normalized spacial score (nSPS) is 18.1. The molecule has 4 atom stereocenters. The largest absolute Gasteiger partial charge is 0.490 e. The molecule has 8 rings (SSSR count). The van der Waals surface area contributed by atoms with Crippen LogP contribution >= 0.6 is 54.5 Å². The van der Waals surface area contributed by atoms with Crippen molar-refractivity contribution in [2.75, 3.05) is 13.1 Å². The van der Waals surface area contributed by atoms with Crippen molar-refractivity contribution >= 4 is 98.6 Å². The SMILES string of the molecule is O=C(CCc1cc(Br)cc(-c2ccc(C(F)(F)F)nc2)c1)[C@@H]1C[C@@H](F)CN1S(=O)(=O)c1ccc(F)cc1.O=C(CCc1cc(Br)cc(I)c1)[C@@H]1C[C@@H](F)CN1S(=O)(=O)c1ccc(F)cc1.OB(O)c1ccc(C(F)(F)F)nc1. The van der Waals surface area contributed by atoms with Crippen LogP contribution in [-0.4, -0.2) is 102 Å². The minimum absolute atomic E-state index is 0.0759. The molecule has 0 radical (unpaired) electrons. The van der Waals surface area contributed by atoms with Crippen LogP contribution in [0.15, 0.2) is 140 Å². The van der Waals surface area contributed by atoms with Crippen LogP contribution in [0.25, 0.3) is 11.1 Å². The van der Waals surface area contributed by atoms with Gasteiger partial charge in [0.05, 0.1) is 21.9 Å². The first-order chi connectivity index (χ1) is 36.4. The highest BCUT2D eigenvalue weighted by Gasteiger charge is 2.45. The second-order valence-corrected chi connectivity index (χ2v) is 24.4. The van der Waals surface area contributed by atoms with Crippen LogP contribution in [0.5, 0.6) is 0 Å². The molecule has 0 saturated carbocycles. The number of pyridine rings is 2. The highest BCUT2D eigenvalue weighted by molar-refractivity contribution is 14.1. The lowest BCUT2D eigenvalue weighted by molar-refractivity contribution is -0.141. The summed E-state index contributed by atoms with van der Waals surface area (Å²) in [6.07, 6.45) is -9.89. The Kier molecular flexibility index (Phi) is 21.1. The predicted octanol–water partition coefficient (Wildman–Crippen LogP) is 10.2. The number of nitrogens with zero attached hydrogens (tertiary/aromatic N) is 4.